The predicted molar refractivity (Wildman–Crippen MR) is 80.7 cm³/mol. The molecule has 0 spiro atoms. The molecule has 0 aliphatic rings. The van der Waals surface area contributed by atoms with Crippen LogP contribution >= 0.6 is 27.3 Å². The molecule has 0 aliphatic heterocycles. The van der Waals surface area contributed by atoms with Crippen molar-refractivity contribution >= 4 is 27.3 Å². The maximum absolute atomic E-state index is 3.50. The van der Waals surface area contributed by atoms with Gasteiger partial charge in [-0.15, -0.1) is 11.3 Å². The van der Waals surface area contributed by atoms with Gasteiger partial charge in [-0.2, -0.15) is 0 Å². The van der Waals surface area contributed by atoms with Crippen molar-refractivity contribution in [2.75, 3.05) is 26.7 Å². The van der Waals surface area contributed by atoms with Crippen molar-refractivity contribution in [2.24, 2.45) is 0 Å². The summed E-state index contributed by atoms with van der Waals surface area (Å²) in [5.41, 5.74) is 1.40. The Kier molecular flexibility index (Phi) is 8.10. The molecule has 0 radical (unpaired) electrons. The first-order valence-electron chi connectivity index (χ1n) is 6.34. The highest BCUT2D eigenvalue weighted by Crippen LogP contribution is 2.21. The normalized spacial score (nSPS) is 11.3. The second kappa shape index (κ2) is 9.09. The molecular weight excluding hydrogens is 296 g/mol. The largest absolute Gasteiger partial charge is 0.315 e. The Bertz CT molecular complexity index is 301. The number of likely N-dealkylation sites (N-methyl/N-ethyl adjacent to an activating group) is 1. The summed E-state index contributed by atoms with van der Waals surface area (Å²) in [6, 6.07) is 2.20. The summed E-state index contributed by atoms with van der Waals surface area (Å²) in [6.45, 7) is 6.64. The standard InChI is InChI=1S/C13H23BrN2S/c1-3-4-5-6-15-7-8-16(2)10-12-9-13(14)17-11-12/h9,11,15H,3-8,10H2,1-2H3. The Hall–Kier alpha value is 0.100. The van der Waals surface area contributed by atoms with Crippen molar-refractivity contribution in [2.45, 2.75) is 32.7 Å². The van der Waals surface area contributed by atoms with Crippen molar-refractivity contribution in [3.05, 3.63) is 20.8 Å². The minimum atomic E-state index is 1.04. The first kappa shape index (κ1) is 15.2. The summed E-state index contributed by atoms with van der Waals surface area (Å²) in [4.78, 5) is 2.36. The van der Waals surface area contributed by atoms with Gasteiger partial charge >= 0.3 is 0 Å². The van der Waals surface area contributed by atoms with Crippen molar-refractivity contribution in [1.29, 1.82) is 0 Å². The average Bonchev–Trinajstić information content (AvgIpc) is 2.69. The molecule has 0 aromatic carbocycles. The summed E-state index contributed by atoms with van der Waals surface area (Å²) in [5.74, 6) is 0. The van der Waals surface area contributed by atoms with Crippen LogP contribution in [0.15, 0.2) is 15.2 Å². The number of nitrogens with one attached hydrogen (secondary N) is 1. The Labute approximate surface area is 118 Å². The number of hydrogen-bond acceptors (Lipinski definition) is 3. The van der Waals surface area contributed by atoms with Gasteiger partial charge in [0.2, 0.25) is 0 Å². The molecule has 0 fully saturated rings. The number of unbranched alkanes of at least 4 members (excludes halogenated alkanes) is 2. The lowest BCUT2D eigenvalue weighted by atomic mass is 10.2. The molecule has 17 heavy (non-hydrogen) atoms. The molecule has 0 atom stereocenters. The molecule has 0 aliphatic carbocycles. The molecule has 0 saturated heterocycles. The lowest BCUT2D eigenvalue weighted by Gasteiger charge is -2.16. The van der Waals surface area contributed by atoms with Gasteiger partial charge in [-0.1, -0.05) is 19.8 Å². The van der Waals surface area contributed by atoms with Gasteiger partial charge in [-0.05, 0) is 53.0 Å². The van der Waals surface area contributed by atoms with Gasteiger partial charge in [-0.25, -0.2) is 0 Å². The number of rotatable bonds is 9. The van der Waals surface area contributed by atoms with Crippen molar-refractivity contribution < 1.29 is 0 Å². The third-order valence-electron chi connectivity index (χ3n) is 2.70. The van der Waals surface area contributed by atoms with E-state index in [4.69, 9.17) is 0 Å². The molecule has 1 heterocycles. The SMILES string of the molecule is CCCCCNCCN(C)Cc1csc(Br)c1. The third-order valence-corrected chi connectivity index (χ3v) is 4.25. The maximum Gasteiger partial charge on any atom is 0.0701 e. The van der Waals surface area contributed by atoms with Crippen molar-refractivity contribution in [3.8, 4) is 0 Å². The highest BCUT2D eigenvalue weighted by molar-refractivity contribution is 9.11. The smallest absolute Gasteiger partial charge is 0.0701 e. The molecule has 1 aromatic heterocycles. The second-order valence-corrected chi connectivity index (χ2v) is 6.74. The fraction of sp³-hybridized carbons (Fsp3) is 0.692. The van der Waals surface area contributed by atoms with E-state index in [1.165, 1.54) is 28.6 Å². The topological polar surface area (TPSA) is 15.3 Å². The van der Waals surface area contributed by atoms with Crippen LogP contribution in [0, 0.1) is 0 Å². The molecule has 1 N–H and O–H groups in total. The minimum Gasteiger partial charge on any atom is -0.315 e. The van der Waals surface area contributed by atoms with Crippen LogP contribution in [0.2, 0.25) is 0 Å². The van der Waals surface area contributed by atoms with E-state index in [0.29, 0.717) is 0 Å². The van der Waals surface area contributed by atoms with Crippen molar-refractivity contribution in [3.63, 3.8) is 0 Å². The zero-order chi connectivity index (χ0) is 12.5. The van der Waals surface area contributed by atoms with E-state index in [0.717, 1.165) is 26.2 Å². The lowest BCUT2D eigenvalue weighted by molar-refractivity contribution is 0.324. The molecular formula is C13H23BrN2S. The fourth-order valence-corrected chi connectivity index (χ4v) is 2.91. The van der Waals surface area contributed by atoms with Gasteiger partial charge in [0.15, 0.2) is 0 Å². The molecule has 4 heteroatoms. The highest BCUT2D eigenvalue weighted by atomic mass is 79.9. The van der Waals surface area contributed by atoms with E-state index in [1.54, 1.807) is 11.3 Å². The average molecular weight is 319 g/mol. The number of hydrogen-bond donors (Lipinski definition) is 1. The summed E-state index contributed by atoms with van der Waals surface area (Å²) < 4.78 is 1.22. The van der Waals surface area contributed by atoms with E-state index < -0.39 is 0 Å². The van der Waals surface area contributed by atoms with E-state index in [1.807, 2.05) is 0 Å². The summed E-state index contributed by atoms with van der Waals surface area (Å²) in [5, 5.41) is 5.71. The predicted octanol–water partition coefficient (Wildman–Crippen LogP) is 3.72. The van der Waals surface area contributed by atoms with Gasteiger partial charge in [0.05, 0.1) is 3.79 Å². The molecule has 1 rings (SSSR count). The lowest BCUT2D eigenvalue weighted by Crippen LogP contribution is -2.29. The zero-order valence-corrected chi connectivity index (χ0v) is 13.2. The molecule has 1 aromatic rings. The van der Waals surface area contributed by atoms with E-state index in [9.17, 15) is 0 Å². The van der Waals surface area contributed by atoms with Gasteiger partial charge in [0.25, 0.3) is 0 Å². The Morgan fingerprint density at radius 3 is 2.82 bits per heavy atom. The Balaban J connectivity index is 2.03. The van der Waals surface area contributed by atoms with E-state index in [2.05, 4.69) is 51.6 Å². The van der Waals surface area contributed by atoms with Crippen LogP contribution in [-0.4, -0.2) is 31.6 Å². The molecule has 0 unspecified atom stereocenters. The van der Waals surface area contributed by atoms with Crippen LogP contribution < -0.4 is 5.32 Å². The first-order valence-corrected chi connectivity index (χ1v) is 8.01. The van der Waals surface area contributed by atoms with Crippen molar-refractivity contribution in [1.82, 2.24) is 10.2 Å². The summed E-state index contributed by atoms with van der Waals surface area (Å²) >= 11 is 5.26. The monoisotopic (exact) mass is 318 g/mol. The molecule has 0 bridgehead atoms. The number of thiophene rings is 1. The molecule has 0 saturated carbocycles. The van der Waals surface area contributed by atoms with Gasteiger partial charge < -0.3 is 10.2 Å². The van der Waals surface area contributed by atoms with E-state index in [-0.39, 0.29) is 0 Å². The molecule has 2 nitrogen and oxygen atoms in total. The van der Waals surface area contributed by atoms with Crippen LogP contribution in [0.1, 0.15) is 31.7 Å². The zero-order valence-electron chi connectivity index (χ0n) is 10.8. The summed E-state index contributed by atoms with van der Waals surface area (Å²) in [6.07, 6.45) is 3.94. The van der Waals surface area contributed by atoms with E-state index >= 15 is 0 Å². The third kappa shape index (κ3) is 7.19. The van der Waals surface area contributed by atoms with Gasteiger partial charge in [0, 0.05) is 19.6 Å². The van der Waals surface area contributed by atoms with Crippen LogP contribution in [-0.2, 0) is 6.54 Å². The van der Waals surface area contributed by atoms with Crippen LogP contribution in [0.3, 0.4) is 0 Å². The maximum atomic E-state index is 3.50. The van der Waals surface area contributed by atoms with Crippen LogP contribution in [0.4, 0.5) is 0 Å². The number of nitrogens with zero attached hydrogens (tertiary/aromatic N) is 1. The number of halogens is 1. The first-order chi connectivity index (χ1) is 8.22. The minimum absolute atomic E-state index is 1.04. The highest BCUT2D eigenvalue weighted by Gasteiger charge is 2.02. The Morgan fingerprint density at radius 2 is 2.18 bits per heavy atom. The van der Waals surface area contributed by atoms with Gasteiger partial charge in [-0.3, -0.25) is 0 Å². The second-order valence-electron chi connectivity index (χ2n) is 4.45. The Morgan fingerprint density at radius 1 is 1.35 bits per heavy atom. The van der Waals surface area contributed by atoms with Gasteiger partial charge in [0.1, 0.15) is 0 Å². The quantitative estimate of drug-likeness (QED) is 0.698. The van der Waals surface area contributed by atoms with Crippen LogP contribution in [0.25, 0.3) is 0 Å². The summed E-state index contributed by atoms with van der Waals surface area (Å²) in [7, 11) is 2.18. The molecule has 98 valence electrons. The fourth-order valence-electron chi connectivity index (χ4n) is 1.71. The van der Waals surface area contributed by atoms with Crippen LogP contribution in [0.5, 0.6) is 0 Å². The molecule has 0 amide bonds.